The molecular weight excluding hydrogens is 236 g/mol. The zero-order valence-electron chi connectivity index (χ0n) is 10.8. The van der Waals surface area contributed by atoms with E-state index < -0.39 is 5.97 Å². The Hall–Kier alpha value is -1.92. The number of aromatic nitrogens is 3. The maximum absolute atomic E-state index is 11.7. The second kappa shape index (κ2) is 5.61. The van der Waals surface area contributed by atoms with Gasteiger partial charge in [0.2, 0.25) is 0 Å². The van der Waals surface area contributed by atoms with Crippen LogP contribution < -0.4 is 5.32 Å². The van der Waals surface area contributed by atoms with E-state index in [1.807, 2.05) is 0 Å². The van der Waals surface area contributed by atoms with Crippen LogP contribution in [0.3, 0.4) is 0 Å². The maximum Gasteiger partial charge on any atom is 0.325 e. The third-order valence-corrected chi connectivity index (χ3v) is 2.75. The molecular formula is C11H18N4O3. The lowest BCUT2D eigenvalue weighted by atomic mass is 9.90. The molecule has 1 rings (SSSR count). The monoisotopic (exact) mass is 254 g/mol. The molecule has 0 aliphatic rings. The van der Waals surface area contributed by atoms with Gasteiger partial charge < -0.3 is 10.4 Å². The molecule has 0 radical (unpaired) electrons. The zero-order chi connectivity index (χ0) is 13.8. The lowest BCUT2D eigenvalue weighted by molar-refractivity contribution is -0.137. The Morgan fingerprint density at radius 2 is 2.17 bits per heavy atom. The van der Waals surface area contributed by atoms with Gasteiger partial charge in [-0.1, -0.05) is 26.0 Å². The van der Waals surface area contributed by atoms with E-state index in [4.69, 9.17) is 5.11 Å². The summed E-state index contributed by atoms with van der Waals surface area (Å²) in [6.45, 7) is 6.38. The molecule has 7 heteroatoms. The first-order valence-corrected chi connectivity index (χ1v) is 5.74. The van der Waals surface area contributed by atoms with Crippen LogP contribution in [-0.2, 0) is 11.3 Å². The summed E-state index contributed by atoms with van der Waals surface area (Å²) >= 11 is 0. The molecule has 2 N–H and O–H groups in total. The Labute approximate surface area is 105 Å². The topological polar surface area (TPSA) is 97.1 Å². The third kappa shape index (κ3) is 4.15. The minimum atomic E-state index is -1.03. The van der Waals surface area contributed by atoms with Gasteiger partial charge in [-0.05, 0) is 11.8 Å². The number of hydrogen-bond acceptors (Lipinski definition) is 4. The number of nitrogens with zero attached hydrogens (tertiary/aromatic N) is 3. The van der Waals surface area contributed by atoms with Gasteiger partial charge in [-0.3, -0.25) is 9.59 Å². The summed E-state index contributed by atoms with van der Waals surface area (Å²) in [6.07, 6.45) is 2.27. The van der Waals surface area contributed by atoms with Crippen molar-refractivity contribution in [1.29, 1.82) is 0 Å². The highest BCUT2D eigenvalue weighted by molar-refractivity contribution is 5.91. The Kier molecular flexibility index (Phi) is 4.41. The lowest BCUT2D eigenvalue weighted by Gasteiger charge is -2.22. The van der Waals surface area contributed by atoms with Crippen LogP contribution >= 0.6 is 0 Å². The highest BCUT2D eigenvalue weighted by Gasteiger charge is 2.18. The molecule has 0 bridgehead atoms. The van der Waals surface area contributed by atoms with E-state index >= 15 is 0 Å². The van der Waals surface area contributed by atoms with Crippen molar-refractivity contribution in [3.8, 4) is 0 Å². The van der Waals surface area contributed by atoms with Gasteiger partial charge in [-0.25, -0.2) is 4.68 Å². The van der Waals surface area contributed by atoms with Gasteiger partial charge in [-0.2, -0.15) is 0 Å². The lowest BCUT2D eigenvalue weighted by Crippen LogP contribution is -2.33. The molecule has 100 valence electrons. The summed E-state index contributed by atoms with van der Waals surface area (Å²) in [4.78, 5) is 22.2. The van der Waals surface area contributed by atoms with E-state index in [2.05, 4.69) is 36.4 Å². The fourth-order valence-corrected chi connectivity index (χ4v) is 1.15. The van der Waals surface area contributed by atoms with Crippen molar-refractivity contribution < 1.29 is 14.7 Å². The molecule has 1 amide bonds. The standard InChI is InChI=1S/C11H18N4O3/c1-4-11(2,3)7-12-10(18)8-5-15(14-13-8)6-9(16)17/h5H,4,6-7H2,1-3H3,(H,12,18)(H,16,17). The number of nitrogens with one attached hydrogen (secondary N) is 1. The number of hydrogen-bond donors (Lipinski definition) is 2. The van der Waals surface area contributed by atoms with E-state index in [9.17, 15) is 9.59 Å². The average molecular weight is 254 g/mol. The predicted molar refractivity (Wildman–Crippen MR) is 64.1 cm³/mol. The fourth-order valence-electron chi connectivity index (χ4n) is 1.15. The maximum atomic E-state index is 11.7. The van der Waals surface area contributed by atoms with Crippen molar-refractivity contribution >= 4 is 11.9 Å². The first kappa shape index (κ1) is 14.1. The van der Waals surface area contributed by atoms with Gasteiger partial charge in [0.05, 0.1) is 6.20 Å². The Morgan fingerprint density at radius 1 is 1.50 bits per heavy atom. The van der Waals surface area contributed by atoms with Gasteiger partial charge in [-0.15, -0.1) is 5.10 Å². The molecule has 0 atom stereocenters. The quantitative estimate of drug-likeness (QED) is 0.771. The normalized spacial score (nSPS) is 11.3. The molecule has 0 unspecified atom stereocenters. The summed E-state index contributed by atoms with van der Waals surface area (Å²) in [7, 11) is 0. The van der Waals surface area contributed by atoms with Crippen LogP contribution in [0.5, 0.6) is 0 Å². The van der Waals surface area contributed by atoms with Crippen LogP contribution in [0.2, 0.25) is 0 Å². The first-order chi connectivity index (χ1) is 8.34. The average Bonchev–Trinajstić information content (AvgIpc) is 2.73. The van der Waals surface area contributed by atoms with Gasteiger partial charge in [0.25, 0.3) is 5.91 Å². The van der Waals surface area contributed by atoms with E-state index in [-0.39, 0.29) is 23.6 Å². The number of aliphatic carboxylic acids is 1. The molecule has 0 aliphatic carbocycles. The SMILES string of the molecule is CCC(C)(C)CNC(=O)c1cn(CC(=O)O)nn1. The van der Waals surface area contributed by atoms with Crippen LogP contribution in [0.25, 0.3) is 0 Å². The van der Waals surface area contributed by atoms with E-state index in [0.717, 1.165) is 11.1 Å². The second-order valence-corrected chi connectivity index (χ2v) is 4.90. The molecule has 0 saturated heterocycles. The zero-order valence-corrected chi connectivity index (χ0v) is 10.8. The fraction of sp³-hybridized carbons (Fsp3) is 0.636. The minimum Gasteiger partial charge on any atom is -0.480 e. The summed E-state index contributed by atoms with van der Waals surface area (Å²) in [6, 6.07) is 0. The molecule has 7 nitrogen and oxygen atoms in total. The number of rotatable bonds is 6. The highest BCUT2D eigenvalue weighted by atomic mass is 16.4. The molecule has 18 heavy (non-hydrogen) atoms. The molecule has 1 aromatic heterocycles. The number of carboxylic acids is 1. The highest BCUT2D eigenvalue weighted by Crippen LogP contribution is 2.17. The molecule has 1 aromatic rings. The van der Waals surface area contributed by atoms with E-state index in [1.54, 1.807) is 0 Å². The predicted octanol–water partition coefficient (Wildman–Crippen LogP) is 0.529. The van der Waals surface area contributed by atoms with Crippen molar-refractivity contribution in [2.75, 3.05) is 6.54 Å². The van der Waals surface area contributed by atoms with E-state index in [1.165, 1.54) is 6.20 Å². The number of carbonyl (C=O) groups excluding carboxylic acids is 1. The van der Waals surface area contributed by atoms with Gasteiger partial charge in [0, 0.05) is 6.54 Å². The molecule has 0 aliphatic heterocycles. The largest absolute Gasteiger partial charge is 0.480 e. The minimum absolute atomic E-state index is 0.0206. The van der Waals surface area contributed by atoms with Gasteiger partial charge in [0.15, 0.2) is 5.69 Å². The summed E-state index contributed by atoms with van der Waals surface area (Å²) in [5.41, 5.74) is 0.148. The van der Waals surface area contributed by atoms with Crippen LogP contribution in [-0.4, -0.2) is 38.5 Å². The number of amides is 1. The smallest absolute Gasteiger partial charge is 0.325 e. The number of carbonyl (C=O) groups is 2. The van der Waals surface area contributed by atoms with Crippen molar-refractivity contribution in [2.24, 2.45) is 5.41 Å². The first-order valence-electron chi connectivity index (χ1n) is 5.74. The van der Waals surface area contributed by atoms with Crippen LogP contribution in [0.4, 0.5) is 0 Å². The van der Waals surface area contributed by atoms with Crippen molar-refractivity contribution in [2.45, 2.75) is 33.7 Å². The molecule has 0 spiro atoms. The Bertz CT molecular complexity index is 439. The van der Waals surface area contributed by atoms with Crippen LogP contribution in [0.15, 0.2) is 6.20 Å². The summed E-state index contributed by atoms with van der Waals surface area (Å²) < 4.78 is 1.11. The van der Waals surface area contributed by atoms with Gasteiger partial charge in [0.1, 0.15) is 6.54 Å². The van der Waals surface area contributed by atoms with Crippen molar-refractivity contribution in [3.05, 3.63) is 11.9 Å². The molecule has 0 aromatic carbocycles. The van der Waals surface area contributed by atoms with Crippen LogP contribution in [0, 0.1) is 5.41 Å². The summed E-state index contributed by atoms with van der Waals surface area (Å²) in [5, 5.41) is 18.5. The van der Waals surface area contributed by atoms with Gasteiger partial charge >= 0.3 is 5.97 Å². The summed E-state index contributed by atoms with van der Waals surface area (Å²) in [5.74, 6) is -1.37. The van der Waals surface area contributed by atoms with Crippen molar-refractivity contribution in [1.82, 2.24) is 20.3 Å². The Balaban J connectivity index is 2.57. The molecule has 0 fully saturated rings. The molecule has 0 saturated carbocycles. The Morgan fingerprint density at radius 3 is 2.72 bits per heavy atom. The second-order valence-electron chi connectivity index (χ2n) is 4.90. The third-order valence-electron chi connectivity index (χ3n) is 2.75. The number of carboxylic acid groups (broad SMARTS) is 1. The van der Waals surface area contributed by atoms with Crippen LogP contribution in [0.1, 0.15) is 37.7 Å². The van der Waals surface area contributed by atoms with Crippen molar-refractivity contribution in [3.63, 3.8) is 0 Å². The molecule has 1 heterocycles. The van der Waals surface area contributed by atoms with E-state index in [0.29, 0.717) is 6.54 Å².